The monoisotopic (exact) mass is 514 g/mol. The molecule has 0 spiro atoms. The number of aromatic nitrogens is 5. The molecule has 0 radical (unpaired) electrons. The topological polar surface area (TPSA) is 182 Å². The van der Waals surface area contributed by atoms with Crippen LogP contribution in [0.3, 0.4) is 0 Å². The molecule has 14 heteroatoms. The number of H-pyrrole nitrogens is 1. The standard InChI is InChI=1S/C22H27N8O5P/c1-24-22(31)17(8-13-9-25-16-5-3-2-4-15(13)16)29-36(32,33)34-10-14-6-7-18(35-14)30-12-28-19-20(23)26-11-27-21(19)30/h2-5,9,11-12,14,17-18,25H,6-8,10H2,1H3,(H,24,31)(H2,23,26,27)(H2,29,32,33)/t14-,17-,18+/m0/s1. The number of anilines is 1. The van der Waals surface area contributed by atoms with Crippen molar-refractivity contribution in [3.63, 3.8) is 0 Å². The molecule has 1 aromatic carbocycles. The minimum absolute atomic E-state index is 0.130. The largest absolute Gasteiger partial charge is 0.403 e. The summed E-state index contributed by atoms with van der Waals surface area (Å²) < 4.78 is 25.9. The van der Waals surface area contributed by atoms with Crippen molar-refractivity contribution in [2.45, 2.75) is 37.6 Å². The number of carbonyl (C=O) groups is 1. The number of nitrogen functional groups attached to an aromatic ring is 1. The number of nitrogens with two attached hydrogens (primary N) is 1. The number of ether oxygens (including phenoxy) is 1. The molecule has 0 bridgehead atoms. The Morgan fingerprint density at radius 1 is 1.36 bits per heavy atom. The van der Waals surface area contributed by atoms with Crippen LogP contribution >= 0.6 is 7.75 Å². The summed E-state index contributed by atoms with van der Waals surface area (Å²) in [6, 6.07) is 6.66. The third kappa shape index (κ3) is 4.97. The van der Waals surface area contributed by atoms with E-state index in [1.165, 1.54) is 13.4 Å². The van der Waals surface area contributed by atoms with Crippen LogP contribution < -0.4 is 16.1 Å². The van der Waals surface area contributed by atoms with Crippen molar-refractivity contribution in [3.8, 4) is 0 Å². The molecule has 1 amide bonds. The first kappa shape index (κ1) is 24.3. The van der Waals surface area contributed by atoms with Gasteiger partial charge in [0.15, 0.2) is 11.5 Å². The highest BCUT2D eigenvalue weighted by molar-refractivity contribution is 7.50. The maximum Gasteiger partial charge on any atom is 0.403 e. The van der Waals surface area contributed by atoms with Gasteiger partial charge in [-0.05, 0) is 30.9 Å². The van der Waals surface area contributed by atoms with E-state index in [1.807, 2.05) is 24.3 Å². The van der Waals surface area contributed by atoms with Gasteiger partial charge >= 0.3 is 7.75 Å². The summed E-state index contributed by atoms with van der Waals surface area (Å²) in [6.45, 7) is -0.130. The van der Waals surface area contributed by atoms with Gasteiger partial charge in [0.1, 0.15) is 24.1 Å². The summed E-state index contributed by atoms with van der Waals surface area (Å²) in [5, 5.41) is 5.97. The fourth-order valence-electron chi connectivity index (χ4n) is 4.40. The molecule has 4 atom stereocenters. The number of aromatic amines is 1. The van der Waals surface area contributed by atoms with Crippen molar-refractivity contribution in [1.82, 2.24) is 34.9 Å². The number of para-hydroxylation sites is 1. The zero-order chi connectivity index (χ0) is 25.3. The number of imidazole rings is 1. The van der Waals surface area contributed by atoms with E-state index in [-0.39, 0.29) is 25.1 Å². The number of likely N-dealkylation sites (N-methyl/N-ethyl adjacent to an activating group) is 1. The lowest BCUT2D eigenvalue weighted by Crippen LogP contribution is -2.43. The quantitative estimate of drug-likeness (QED) is 0.206. The van der Waals surface area contributed by atoms with E-state index in [0.717, 1.165) is 16.5 Å². The summed E-state index contributed by atoms with van der Waals surface area (Å²) >= 11 is 0. The fourth-order valence-corrected chi connectivity index (χ4v) is 5.45. The zero-order valence-electron chi connectivity index (χ0n) is 19.5. The Bertz CT molecular complexity index is 1440. The molecule has 3 aromatic heterocycles. The SMILES string of the molecule is CNC(=O)[C@H](Cc1c[nH]c2ccccc12)NP(=O)(O)OC[C@@H]1CC[C@H](n2cnc3c(N)ncnc32)O1. The third-order valence-corrected chi connectivity index (χ3v) is 7.34. The second-order valence-corrected chi connectivity index (χ2v) is 10.1. The molecule has 1 aliphatic rings. The first-order valence-corrected chi connectivity index (χ1v) is 13.0. The van der Waals surface area contributed by atoms with Gasteiger partial charge in [-0.3, -0.25) is 13.9 Å². The number of hydrogen-bond donors (Lipinski definition) is 5. The average molecular weight is 514 g/mol. The lowest BCUT2D eigenvalue weighted by molar-refractivity contribution is -0.122. The van der Waals surface area contributed by atoms with Crippen LogP contribution in [0.2, 0.25) is 0 Å². The van der Waals surface area contributed by atoms with Crippen LogP contribution in [0.4, 0.5) is 5.82 Å². The number of nitrogens with one attached hydrogen (secondary N) is 3. The second-order valence-electron chi connectivity index (χ2n) is 8.55. The molecule has 1 aliphatic heterocycles. The van der Waals surface area contributed by atoms with Crippen molar-refractivity contribution in [1.29, 1.82) is 0 Å². The number of rotatable bonds is 9. The van der Waals surface area contributed by atoms with Crippen LogP contribution in [0.25, 0.3) is 22.1 Å². The van der Waals surface area contributed by atoms with Crippen molar-refractivity contribution < 1.29 is 23.5 Å². The lowest BCUT2D eigenvalue weighted by atomic mass is 10.1. The highest BCUT2D eigenvalue weighted by Gasteiger charge is 2.33. The number of nitrogens with zero attached hydrogens (tertiary/aromatic N) is 4. The Balaban J connectivity index is 1.21. The van der Waals surface area contributed by atoms with Gasteiger partial charge in [0.2, 0.25) is 5.91 Å². The van der Waals surface area contributed by atoms with E-state index in [4.69, 9.17) is 15.0 Å². The van der Waals surface area contributed by atoms with Crippen LogP contribution in [-0.4, -0.2) is 61.1 Å². The second kappa shape index (κ2) is 9.96. The van der Waals surface area contributed by atoms with E-state index in [1.54, 1.807) is 17.1 Å². The summed E-state index contributed by atoms with van der Waals surface area (Å²) in [5.41, 5.74) is 8.64. The fraction of sp³-hybridized carbons (Fsp3) is 0.364. The van der Waals surface area contributed by atoms with E-state index in [0.29, 0.717) is 24.0 Å². The Morgan fingerprint density at radius 3 is 3.03 bits per heavy atom. The van der Waals surface area contributed by atoms with Gasteiger partial charge in [-0.25, -0.2) is 24.6 Å². The van der Waals surface area contributed by atoms with Crippen molar-refractivity contribution in [2.75, 3.05) is 19.4 Å². The number of benzene rings is 1. The highest BCUT2D eigenvalue weighted by atomic mass is 31.2. The van der Waals surface area contributed by atoms with Crippen molar-refractivity contribution in [3.05, 3.63) is 48.7 Å². The van der Waals surface area contributed by atoms with E-state index in [9.17, 15) is 14.3 Å². The summed E-state index contributed by atoms with van der Waals surface area (Å²) in [7, 11) is -2.86. The smallest absolute Gasteiger partial charge is 0.382 e. The molecule has 0 saturated carbocycles. The maximum atomic E-state index is 12.8. The number of hydrogen-bond acceptors (Lipinski definition) is 8. The Labute approximate surface area is 206 Å². The minimum Gasteiger partial charge on any atom is -0.382 e. The molecule has 1 saturated heterocycles. The molecule has 13 nitrogen and oxygen atoms in total. The van der Waals surface area contributed by atoms with E-state index in [2.05, 4.69) is 30.3 Å². The van der Waals surface area contributed by atoms with Gasteiger partial charge < -0.3 is 25.7 Å². The molecule has 4 heterocycles. The first-order valence-electron chi connectivity index (χ1n) is 11.4. The molecule has 190 valence electrons. The van der Waals surface area contributed by atoms with Gasteiger partial charge in [0.25, 0.3) is 0 Å². The van der Waals surface area contributed by atoms with Crippen LogP contribution in [0.1, 0.15) is 24.6 Å². The maximum absolute atomic E-state index is 12.8. The van der Waals surface area contributed by atoms with Gasteiger partial charge in [-0.1, -0.05) is 18.2 Å². The molecule has 5 rings (SSSR count). The number of carbonyl (C=O) groups excluding carboxylic acids is 1. The van der Waals surface area contributed by atoms with Crippen LogP contribution in [0, 0.1) is 0 Å². The summed E-state index contributed by atoms with van der Waals surface area (Å²) in [5.74, 6) is -0.147. The molecule has 4 aromatic rings. The molecular formula is C22H27N8O5P. The Kier molecular flexibility index (Phi) is 6.73. The van der Waals surface area contributed by atoms with Gasteiger partial charge in [0.05, 0.1) is 19.0 Å². The molecule has 1 fully saturated rings. The van der Waals surface area contributed by atoms with E-state index >= 15 is 0 Å². The van der Waals surface area contributed by atoms with Gasteiger partial charge in [-0.15, -0.1) is 0 Å². The minimum atomic E-state index is -4.33. The van der Waals surface area contributed by atoms with E-state index < -0.39 is 25.8 Å². The predicted molar refractivity (Wildman–Crippen MR) is 132 cm³/mol. The highest BCUT2D eigenvalue weighted by Crippen LogP contribution is 2.40. The molecular weight excluding hydrogens is 487 g/mol. The number of fused-ring (bicyclic) bond motifs is 2. The Morgan fingerprint density at radius 2 is 2.19 bits per heavy atom. The lowest BCUT2D eigenvalue weighted by Gasteiger charge is -2.22. The van der Waals surface area contributed by atoms with Crippen molar-refractivity contribution >= 4 is 41.5 Å². The van der Waals surface area contributed by atoms with Gasteiger partial charge in [-0.2, -0.15) is 0 Å². The zero-order valence-corrected chi connectivity index (χ0v) is 20.4. The molecule has 6 N–H and O–H groups in total. The summed E-state index contributed by atoms with van der Waals surface area (Å²) in [4.78, 5) is 38.5. The van der Waals surface area contributed by atoms with Crippen molar-refractivity contribution in [2.24, 2.45) is 0 Å². The summed E-state index contributed by atoms with van der Waals surface area (Å²) in [6.07, 6.45) is 5.35. The van der Waals surface area contributed by atoms with Crippen LogP contribution in [0.5, 0.6) is 0 Å². The normalized spacial score (nSPS) is 20.5. The third-order valence-electron chi connectivity index (χ3n) is 6.20. The van der Waals surface area contributed by atoms with Gasteiger partial charge in [0, 0.05) is 24.1 Å². The number of amides is 1. The predicted octanol–water partition coefficient (Wildman–Crippen LogP) is 1.63. The Hall–Kier alpha value is -3.35. The first-order chi connectivity index (χ1) is 17.3. The molecule has 36 heavy (non-hydrogen) atoms. The van der Waals surface area contributed by atoms with Crippen LogP contribution in [0.15, 0.2) is 43.1 Å². The van der Waals surface area contributed by atoms with Crippen LogP contribution in [-0.2, 0) is 25.0 Å². The molecule has 0 aliphatic carbocycles. The molecule has 1 unspecified atom stereocenters. The average Bonchev–Trinajstić information content (AvgIpc) is 3.61.